The monoisotopic (exact) mass is 361 g/mol. The lowest BCUT2D eigenvalue weighted by Gasteiger charge is -2.09. The SMILES string of the molecule is Cc1cc(/C=C(/C#N)c2ccc(F)cc2)c(C)n1-c1cccc([N+](=O)[O-])c1. The fourth-order valence-corrected chi connectivity index (χ4v) is 3.04. The smallest absolute Gasteiger partial charge is 0.271 e. The summed E-state index contributed by atoms with van der Waals surface area (Å²) >= 11 is 0. The summed E-state index contributed by atoms with van der Waals surface area (Å²) in [6.07, 6.45) is 1.74. The number of nitro groups is 1. The van der Waals surface area contributed by atoms with Gasteiger partial charge in [0.15, 0.2) is 0 Å². The van der Waals surface area contributed by atoms with Crippen LogP contribution in [-0.4, -0.2) is 9.49 Å². The van der Waals surface area contributed by atoms with Crippen molar-refractivity contribution in [2.75, 3.05) is 0 Å². The van der Waals surface area contributed by atoms with Crippen molar-refractivity contribution in [3.8, 4) is 11.8 Å². The minimum Gasteiger partial charge on any atom is -0.318 e. The number of nitrogens with zero attached hydrogens (tertiary/aromatic N) is 3. The van der Waals surface area contributed by atoms with Crippen LogP contribution in [0.1, 0.15) is 22.5 Å². The molecule has 2 aromatic carbocycles. The van der Waals surface area contributed by atoms with E-state index in [1.165, 1.54) is 24.3 Å². The van der Waals surface area contributed by atoms with E-state index in [1.807, 2.05) is 24.5 Å². The molecule has 6 heteroatoms. The van der Waals surface area contributed by atoms with Crippen LogP contribution in [0.3, 0.4) is 0 Å². The van der Waals surface area contributed by atoms with Crippen molar-refractivity contribution in [3.63, 3.8) is 0 Å². The number of rotatable bonds is 4. The van der Waals surface area contributed by atoms with Gasteiger partial charge in [-0.1, -0.05) is 18.2 Å². The van der Waals surface area contributed by atoms with Crippen LogP contribution in [0, 0.1) is 41.1 Å². The average molecular weight is 361 g/mol. The number of non-ortho nitro benzene ring substituents is 1. The van der Waals surface area contributed by atoms with Gasteiger partial charge in [-0.25, -0.2) is 4.39 Å². The molecular weight excluding hydrogens is 345 g/mol. The summed E-state index contributed by atoms with van der Waals surface area (Å²) in [6.45, 7) is 3.78. The molecule has 5 nitrogen and oxygen atoms in total. The van der Waals surface area contributed by atoms with Gasteiger partial charge in [0.25, 0.3) is 5.69 Å². The maximum atomic E-state index is 13.1. The van der Waals surface area contributed by atoms with Crippen molar-refractivity contribution < 1.29 is 9.31 Å². The predicted molar refractivity (Wildman–Crippen MR) is 102 cm³/mol. The molecule has 0 atom stereocenters. The number of halogens is 1. The lowest BCUT2D eigenvalue weighted by molar-refractivity contribution is -0.384. The van der Waals surface area contributed by atoms with E-state index < -0.39 is 4.92 Å². The maximum absolute atomic E-state index is 13.1. The second kappa shape index (κ2) is 7.26. The summed E-state index contributed by atoms with van der Waals surface area (Å²) in [5.74, 6) is -0.361. The summed E-state index contributed by atoms with van der Waals surface area (Å²) in [6, 6.07) is 16.2. The lowest BCUT2D eigenvalue weighted by atomic mass is 10.0. The van der Waals surface area contributed by atoms with Crippen molar-refractivity contribution >= 4 is 17.3 Å². The van der Waals surface area contributed by atoms with Crippen LogP contribution in [0.5, 0.6) is 0 Å². The Bertz CT molecular complexity index is 1090. The van der Waals surface area contributed by atoms with E-state index >= 15 is 0 Å². The van der Waals surface area contributed by atoms with Gasteiger partial charge in [-0.05, 0) is 55.3 Å². The minimum absolute atomic E-state index is 0.0149. The van der Waals surface area contributed by atoms with Crippen molar-refractivity contribution in [2.24, 2.45) is 0 Å². The first-order valence-electron chi connectivity index (χ1n) is 8.22. The highest BCUT2D eigenvalue weighted by molar-refractivity contribution is 5.90. The summed E-state index contributed by atoms with van der Waals surface area (Å²) in [7, 11) is 0. The van der Waals surface area contributed by atoms with Crippen molar-refractivity contribution in [2.45, 2.75) is 13.8 Å². The molecule has 0 bridgehead atoms. The molecule has 0 aliphatic rings. The molecule has 0 spiro atoms. The Hall–Kier alpha value is -3.72. The topological polar surface area (TPSA) is 71.9 Å². The molecular formula is C21H16FN3O2. The van der Waals surface area contributed by atoms with Crippen LogP contribution in [0.25, 0.3) is 17.3 Å². The van der Waals surface area contributed by atoms with Gasteiger partial charge in [0, 0.05) is 23.5 Å². The van der Waals surface area contributed by atoms with E-state index in [0.717, 1.165) is 17.0 Å². The number of allylic oxidation sites excluding steroid dienone is 1. The first kappa shape index (κ1) is 18.1. The maximum Gasteiger partial charge on any atom is 0.271 e. The van der Waals surface area contributed by atoms with Gasteiger partial charge in [-0.2, -0.15) is 5.26 Å². The van der Waals surface area contributed by atoms with Crippen LogP contribution >= 0.6 is 0 Å². The van der Waals surface area contributed by atoms with Crippen molar-refractivity contribution in [3.05, 3.63) is 93.0 Å². The zero-order valence-electron chi connectivity index (χ0n) is 14.8. The third kappa shape index (κ3) is 3.62. The molecule has 0 radical (unpaired) electrons. The van der Waals surface area contributed by atoms with E-state index in [-0.39, 0.29) is 11.5 Å². The van der Waals surface area contributed by atoms with Gasteiger partial charge in [0.1, 0.15) is 5.82 Å². The molecule has 0 saturated heterocycles. The number of aromatic nitrogens is 1. The molecule has 1 heterocycles. The highest BCUT2D eigenvalue weighted by Gasteiger charge is 2.13. The Labute approximate surface area is 155 Å². The summed E-state index contributed by atoms with van der Waals surface area (Å²) in [5.41, 5.74) is 4.28. The number of nitro benzene ring substituents is 1. The molecule has 0 aliphatic heterocycles. The normalized spacial score (nSPS) is 11.3. The molecule has 0 amide bonds. The van der Waals surface area contributed by atoms with E-state index in [0.29, 0.717) is 16.8 Å². The Morgan fingerprint density at radius 3 is 2.52 bits per heavy atom. The Balaban J connectivity index is 2.08. The molecule has 134 valence electrons. The molecule has 3 aromatic rings. The van der Waals surface area contributed by atoms with E-state index in [4.69, 9.17) is 0 Å². The van der Waals surface area contributed by atoms with Crippen LogP contribution in [0.2, 0.25) is 0 Å². The van der Waals surface area contributed by atoms with Gasteiger partial charge in [0.2, 0.25) is 0 Å². The van der Waals surface area contributed by atoms with Gasteiger partial charge in [0.05, 0.1) is 22.3 Å². The minimum atomic E-state index is -0.430. The van der Waals surface area contributed by atoms with Gasteiger partial charge in [-0.15, -0.1) is 0 Å². The second-order valence-corrected chi connectivity index (χ2v) is 6.12. The summed E-state index contributed by atoms with van der Waals surface area (Å²) in [5, 5.41) is 20.5. The van der Waals surface area contributed by atoms with Crippen LogP contribution in [0.4, 0.5) is 10.1 Å². The number of hydrogen-bond acceptors (Lipinski definition) is 3. The molecule has 27 heavy (non-hydrogen) atoms. The number of nitriles is 1. The van der Waals surface area contributed by atoms with E-state index in [1.54, 1.807) is 30.3 Å². The third-order valence-electron chi connectivity index (χ3n) is 4.34. The average Bonchev–Trinajstić information content (AvgIpc) is 2.94. The number of hydrogen-bond donors (Lipinski definition) is 0. The first-order valence-corrected chi connectivity index (χ1v) is 8.22. The second-order valence-electron chi connectivity index (χ2n) is 6.12. The predicted octanol–water partition coefficient (Wildman–Crippen LogP) is 5.21. The van der Waals surface area contributed by atoms with Crippen LogP contribution in [-0.2, 0) is 0 Å². The quantitative estimate of drug-likeness (QED) is 0.364. The van der Waals surface area contributed by atoms with Crippen LogP contribution in [0.15, 0.2) is 54.6 Å². The number of benzene rings is 2. The molecule has 1 aromatic heterocycles. The fourth-order valence-electron chi connectivity index (χ4n) is 3.04. The molecule has 0 unspecified atom stereocenters. The first-order chi connectivity index (χ1) is 12.9. The van der Waals surface area contributed by atoms with Gasteiger partial charge < -0.3 is 4.57 Å². The Kier molecular flexibility index (Phi) is 4.86. The van der Waals surface area contributed by atoms with Crippen molar-refractivity contribution in [1.29, 1.82) is 5.26 Å². The van der Waals surface area contributed by atoms with E-state index in [2.05, 4.69) is 6.07 Å². The highest BCUT2D eigenvalue weighted by Crippen LogP contribution is 2.27. The summed E-state index contributed by atoms with van der Waals surface area (Å²) < 4.78 is 15.0. The fraction of sp³-hybridized carbons (Fsp3) is 0.0952. The largest absolute Gasteiger partial charge is 0.318 e. The number of aryl methyl sites for hydroxylation is 1. The van der Waals surface area contributed by atoms with E-state index in [9.17, 15) is 19.8 Å². The highest BCUT2D eigenvalue weighted by atomic mass is 19.1. The zero-order chi connectivity index (χ0) is 19.6. The molecule has 3 rings (SSSR count). The Morgan fingerprint density at radius 1 is 1.19 bits per heavy atom. The lowest BCUT2D eigenvalue weighted by Crippen LogP contribution is -2.00. The molecule has 0 saturated carbocycles. The van der Waals surface area contributed by atoms with Gasteiger partial charge in [-0.3, -0.25) is 10.1 Å². The summed E-state index contributed by atoms with van der Waals surface area (Å²) in [4.78, 5) is 10.6. The van der Waals surface area contributed by atoms with Gasteiger partial charge >= 0.3 is 0 Å². The molecule has 0 N–H and O–H groups in total. The van der Waals surface area contributed by atoms with Crippen LogP contribution < -0.4 is 0 Å². The Morgan fingerprint density at radius 2 is 1.89 bits per heavy atom. The molecule has 0 fully saturated rings. The third-order valence-corrected chi connectivity index (χ3v) is 4.34. The zero-order valence-corrected chi connectivity index (χ0v) is 14.8. The molecule has 0 aliphatic carbocycles. The van der Waals surface area contributed by atoms with Crippen molar-refractivity contribution in [1.82, 2.24) is 4.57 Å². The standard InChI is InChI=1S/C21H16FN3O2/c1-14-10-17(11-18(13-23)16-6-8-19(22)9-7-16)15(2)24(14)20-4-3-5-21(12-20)25(26)27/h3-12H,1-2H3/b18-11-.